The zero-order valence-electron chi connectivity index (χ0n) is 19.7. The fourth-order valence-electron chi connectivity index (χ4n) is 3.78. The third-order valence-corrected chi connectivity index (χ3v) is 6.63. The van der Waals surface area contributed by atoms with Crippen molar-refractivity contribution in [2.75, 3.05) is 52.3 Å². The van der Waals surface area contributed by atoms with Crippen LogP contribution in [0.4, 0.5) is 5.69 Å². The highest BCUT2D eigenvalue weighted by Crippen LogP contribution is 2.32. The lowest BCUT2D eigenvalue weighted by molar-refractivity contribution is 0.119. The van der Waals surface area contributed by atoms with E-state index in [1.807, 2.05) is 19.1 Å². The summed E-state index contributed by atoms with van der Waals surface area (Å²) in [5.41, 5.74) is 2.21. The number of aromatic nitrogens is 1. The number of para-hydroxylation sites is 2. The van der Waals surface area contributed by atoms with Gasteiger partial charge in [-0.2, -0.15) is 0 Å². The van der Waals surface area contributed by atoms with Crippen LogP contribution in [-0.4, -0.2) is 63.3 Å². The van der Waals surface area contributed by atoms with Crippen LogP contribution in [0.1, 0.15) is 37.1 Å². The number of aliphatic imine (C=N–C) groups is 1. The minimum atomic E-state index is 0. The van der Waals surface area contributed by atoms with Crippen molar-refractivity contribution >= 4 is 47.0 Å². The van der Waals surface area contributed by atoms with E-state index >= 15 is 0 Å². The first-order valence-corrected chi connectivity index (χ1v) is 11.8. The van der Waals surface area contributed by atoms with E-state index < -0.39 is 0 Å². The van der Waals surface area contributed by atoms with Gasteiger partial charge in [0.15, 0.2) is 5.96 Å². The number of benzene rings is 1. The van der Waals surface area contributed by atoms with Gasteiger partial charge in [-0.1, -0.05) is 12.1 Å². The highest BCUT2D eigenvalue weighted by Gasteiger charge is 2.24. The quantitative estimate of drug-likeness (QED) is 0.273. The fraction of sp³-hybridized carbons (Fsp3) is 0.565. The number of guanidine groups is 1. The molecule has 0 aliphatic carbocycles. The average molecular weight is 574 g/mol. The van der Waals surface area contributed by atoms with Crippen molar-refractivity contribution < 1.29 is 9.47 Å². The van der Waals surface area contributed by atoms with Gasteiger partial charge >= 0.3 is 0 Å². The van der Waals surface area contributed by atoms with Crippen LogP contribution in [0.15, 0.2) is 34.6 Å². The first-order valence-electron chi connectivity index (χ1n) is 10.9. The number of nitrogens with one attached hydrogen (secondary N) is 1. The lowest BCUT2D eigenvalue weighted by Crippen LogP contribution is -2.39. The van der Waals surface area contributed by atoms with Crippen LogP contribution < -0.4 is 15.0 Å². The Balaban J connectivity index is 0.00000363. The van der Waals surface area contributed by atoms with Gasteiger partial charge in [-0.05, 0) is 38.3 Å². The third-order valence-electron chi connectivity index (χ3n) is 5.58. The molecule has 1 aromatic carbocycles. The molecule has 0 amide bonds. The fourth-order valence-corrected chi connectivity index (χ4v) is 4.62. The Labute approximate surface area is 213 Å². The molecule has 2 aromatic rings. The predicted octanol–water partition coefficient (Wildman–Crippen LogP) is 4.40. The van der Waals surface area contributed by atoms with Gasteiger partial charge in [0.2, 0.25) is 0 Å². The number of methoxy groups -OCH3 is 2. The summed E-state index contributed by atoms with van der Waals surface area (Å²) in [6, 6.07) is 8.24. The Morgan fingerprint density at radius 1 is 1.38 bits per heavy atom. The van der Waals surface area contributed by atoms with Gasteiger partial charge in [-0.25, -0.2) is 4.98 Å². The molecule has 32 heavy (non-hydrogen) atoms. The maximum atomic E-state index is 5.54. The van der Waals surface area contributed by atoms with Crippen LogP contribution in [0.2, 0.25) is 0 Å². The number of anilines is 1. The molecule has 9 heteroatoms. The third kappa shape index (κ3) is 6.95. The lowest BCUT2D eigenvalue weighted by atomic mass is 10.1. The van der Waals surface area contributed by atoms with Crippen LogP contribution in [0.3, 0.4) is 0 Å². The van der Waals surface area contributed by atoms with Crippen molar-refractivity contribution in [1.82, 2.24) is 15.2 Å². The molecular weight excluding hydrogens is 537 g/mol. The highest BCUT2D eigenvalue weighted by molar-refractivity contribution is 14.0. The topological polar surface area (TPSA) is 62.2 Å². The molecule has 1 aliphatic rings. The summed E-state index contributed by atoms with van der Waals surface area (Å²) in [6.07, 6.45) is 1.16. The van der Waals surface area contributed by atoms with Gasteiger partial charge in [-0.3, -0.25) is 4.99 Å². The Kier molecular flexibility index (Phi) is 11.0. The smallest absolute Gasteiger partial charge is 0.194 e. The molecule has 0 radical (unpaired) electrons. The molecule has 0 bridgehead atoms. The number of hydrogen-bond acceptors (Lipinski definition) is 6. The summed E-state index contributed by atoms with van der Waals surface area (Å²) < 4.78 is 10.9. The largest absolute Gasteiger partial charge is 0.495 e. The molecule has 1 aromatic heterocycles. The molecule has 178 valence electrons. The predicted molar refractivity (Wildman–Crippen MR) is 144 cm³/mol. The van der Waals surface area contributed by atoms with Gasteiger partial charge in [-0.15, -0.1) is 35.3 Å². The number of hydrogen-bond donors (Lipinski definition) is 1. The second-order valence-corrected chi connectivity index (χ2v) is 8.77. The molecule has 0 saturated carbocycles. The molecule has 2 atom stereocenters. The Morgan fingerprint density at radius 2 is 2.16 bits per heavy atom. The van der Waals surface area contributed by atoms with Gasteiger partial charge in [0, 0.05) is 45.7 Å². The maximum absolute atomic E-state index is 5.54. The van der Waals surface area contributed by atoms with Gasteiger partial charge in [0.05, 0.1) is 25.0 Å². The van der Waals surface area contributed by atoms with E-state index in [1.165, 1.54) is 5.69 Å². The van der Waals surface area contributed by atoms with Crippen molar-refractivity contribution in [3.63, 3.8) is 0 Å². The van der Waals surface area contributed by atoms with Gasteiger partial charge < -0.3 is 24.6 Å². The van der Waals surface area contributed by atoms with E-state index in [9.17, 15) is 0 Å². The molecular formula is C23H36IN5O2S. The molecule has 1 N–H and O–H groups in total. The van der Waals surface area contributed by atoms with Crippen LogP contribution in [0.5, 0.6) is 5.75 Å². The van der Waals surface area contributed by atoms with Crippen molar-refractivity contribution in [2.24, 2.45) is 10.9 Å². The van der Waals surface area contributed by atoms with Gasteiger partial charge in [0.1, 0.15) is 16.9 Å². The minimum Gasteiger partial charge on any atom is -0.495 e. The average Bonchev–Trinajstić information content (AvgIpc) is 3.45. The van der Waals surface area contributed by atoms with Crippen LogP contribution in [0, 0.1) is 5.92 Å². The number of thiazole rings is 1. The standard InChI is InChI=1S/C23H35N5O2S.HI/c1-6-24-23(27(3)15-19-16-31-22(26-19)17(2)29-4)25-13-18-11-12-28(14-18)20-9-7-8-10-21(20)30-5;/h7-10,16-18H,6,11-15H2,1-5H3,(H,24,25);1H. The van der Waals surface area contributed by atoms with Crippen molar-refractivity contribution in [3.8, 4) is 5.75 Å². The second kappa shape index (κ2) is 13.2. The summed E-state index contributed by atoms with van der Waals surface area (Å²) >= 11 is 1.65. The first-order chi connectivity index (χ1) is 15.0. The van der Waals surface area contributed by atoms with E-state index in [2.05, 4.69) is 46.6 Å². The Hall–Kier alpha value is -1.59. The van der Waals surface area contributed by atoms with Crippen molar-refractivity contribution in [2.45, 2.75) is 32.9 Å². The molecule has 3 rings (SSSR count). The maximum Gasteiger partial charge on any atom is 0.194 e. The van der Waals surface area contributed by atoms with Crippen LogP contribution >= 0.6 is 35.3 Å². The molecule has 0 spiro atoms. The van der Waals surface area contributed by atoms with Gasteiger partial charge in [0.25, 0.3) is 0 Å². The monoisotopic (exact) mass is 573 g/mol. The SMILES string of the molecule is CCNC(=NCC1CCN(c2ccccc2OC)C1)N(C)Cc1csc(C(C)OC)n1.I. The normalized spacial score (nSPS) is 17.1. The molecule has 1 aliphatic heterocycles. The van der Waals surface area contributed by atoms with E-state index in [-0.39, 0.29) is 30.1 Å². The second-order valence-electron chi connectivity index (χ2n) is 7.88. The van der Waals surface area contributed by atoms with E-state index in [0.29, 0.717) is 5.92 Å². The van der Waals surface area contributed by atoms with Crippen LogP contribution in [-0.2, 0) is 11.3 Å². The summed E-state index contributed by atoms with van der Waals surface area (Å²) in [5.74, 6) is 2.39. The van der Waals surface area contributed by atoms with Crippen molar-refractivity contribution in [3.05, 3.63) is 40.3 Å². The highest BCUT2D eigenvalue weighted by atomic mass is 127. The molecule has 2 unspecified atom stereocenters. The summed E-state index contributed by atoms with van der Waals surface area (Å²) in [7, 11) is 5.51. The number of nitrogens with zero attached hydrogens (tertiary/aromatic N) is 4. The van der Waals surface area contributed by atoms with Crippen molar-refractivity contribution in [1.29, 1.82) is 0 Å². The first kappa shape index (κ1) is 26.7. The molecule has 1 saturated heterocycles. The minimum absolute atomic E-state index is 0. The summed E-state index contributed by atoms with van der Waals surface area (Å²) in [5, 5.41) is 6.54. The number of ether oxygens (including phenoxy) is 2. The zero-order valence-corrected chi connectivity index (χ0v) is 22.9. The number of rotatable bonds is 9. The molecule has 7 nitrogen and oxygen atoms in total. The van der Waals surface area contributed by atoms with E-state index in [0.717, 1.165) is 61.6 Å². The Bertz CT molecular complexity index is 862. The summed E-state index contributed by atoms with van der Waals surface area (Å²) in [6.45, 7) is 8.52. The van der Waals surface area contributed by atoms with E-state index in [1.54, 1.807) is 25.6 Å². The zero-order chi connectivity index (χ0) is 22.2. The molecule has 1 fully saturated rings. The molecule has 2 heterocycles. The van der Waals surface area contributed by atoms with Crippen LogP contribution in [0.25, 0.3) is 0 Å². The Morgan fingerprint density at radius 3 is 2.88 bits per heavy atom. The van der Waals surface area contributed by atoms with E-state index in [4.69, 9.17) is 19.5 Å². The number of halogens is 1. The summed E-state index contributed by atoms with van der Waals surface area (Å²) in [4.78, 5) is 14.2. The lowest BCUT2D eigenvalue weighted by Gasteiger charge is -2.22.